The number of benzene rings is 1. The van der Waals surface area contributed by atoms with Gasteiger partial charge in [-0.25, -0.2) is 4.39 Å². The summed E-state index contributed by atoms with van der Waals surface area (Å²) in [6.07, 6.45) is -7.80. The molecule has 0 saturated carbocycles. The fourth-order valence-electron chi connectivity index (χ4n) is 1.07. The number of hydrogen-bond acceptors (Lipinski definition) is 1. The number of aliphatic hydroxyl groups excluding tert-OH is 1. The van der Waals surface area contributed by atoms with Gasteiger partial charge in [0.05, 0.1) is 0 Å². The molecule has 0 aromatic heterocycles. The summed E-state index contributed by atoms with van der Waals surface area (Å²) < 4.78 is 49.1. The van der Waals surface area contributed by atoms with Crippen molar-refractivity contribution in [2.24, 2.45) is 0 Å². The van der Waals surface area contributed by atoms with Crippen molar-refractivity contribution in [1.82, 2.24) is 0 Å². The van der Waals surface area contributed by atoms with Gasteiger partial charge in [0.1, 0.15) is 5.82 Å². The van der Waals surface area contributed by atoms with Crippen molar-refractivity contribution in [3.63, 3.8) is 0 Å². The zero-order chi connectivity index (χ0) is 11.6. The van der Waals surface area contributed by atoms with Gasteiger partial charge in [-0.05, 0) is 23.8 Å². The van der Waals surface area contributed by atoms with Crippen LogP contribution in [0.2, 0.25) is 0 Å². The van der Waals surface area contributed by atoms with Gasteiger partial charge in [-0.1, -0.05) is 15.9 Å². The van der Waals surface area contributed by atoms with Crippen molar-refractivity contribution in [1.29, 1.82) is 0 Å². The first-order valence-electron chi connectivity index (χ1n) is 3.99. The minimum absolute atomic E-state index is 0.0895. The Hall–Kier alpha value is -0.620. The van der Waals surface area contributed by atoms with Crippen LogP contribution in [0.5, 0.6) is 0 Å². The highest BCUT2D eigenvalue weighted by molar-refractivity contribution is 9.10. The third kappa shape index (κ3) is 3.79. The monoisotopic (exact) mass is 286 g/mol. The Morgan fingerprint density at radius 2 is 1.87 bits per heavy atom. The number of alkyl halides is 3. The van der Waals surface area contributed by atoms with E-state index in [-0.39, 0.29) is 5.56 Å². The molecular weight excluding hydrogens is 280 g/mol. The molecule has 0 aliphatic carbocycles. The summed E-state index contributed by atoms with van der Waals surface area (Å²) in [5, 5.41) is 8.76. The Balaban J connectivity index is 2.81. The molecule has 1 unspecified atom stereocenters. The summed E-state index contributed by atoms with van der Waals surface area (Å²) in [6.45, 7) is 0. The van der Waals surface area contributed by atoms with E-state index in [4.69, 9.17) is 5.11 Å². The van der Waals surface area contributed by atoms with E-state index in [9.17, 15) is 17.6 Å². The number of aliphatic hydroxyl groups is 1. The van der Waals surface area contributed by atoms with Gasteiger partial charge in [-0.2, -0.15) is 13.2 Å². The van der Waals surface area contributed by atoms with E-state index in [1.54, 1.807) is 0 Å². The molecule has 0 amide bonds. The highest BCUT2D eigenvalue weighted by Gasteiger charge is 2.38. The van der Waals surface area contributed by atoms with Crippen LogP contribution in [0.3, 0.4) is 0 Å². The van der Waals surface area contributed by atoms with Crippen molar-refractivity contribution >= 4 is 15.9 Å². The lowest BCUT2D eigenvalue weighted by Crippen LogP contribution is -2.30. The lowest BCUT2D eigenvalue weighted by atomic mass is 10.1. The predicted molar refractivity (Wildman–Crippen MR) is 49.9 cm³/mol. The molecule has 1 nitrogen and oxygen atoms in total. The molecule has 1 aromatic rings. The normalized spacial score (nSPS) is 14.0. The van der Waals surface area contributed by atoms with E-state index in [0.717, 1.165) is 12.1 Å². The van der Waals surface area contributed by atoms with Crippen molar-refractivity contribution in [2.45, 2.75) is 18.7 Å². The second kappa shape index (κ2) is 4.49. The maximum atomic E-state index is 12.8. The zero-order valence-electron chi connectivity index (χ0n) is 7.35. The third-order valence-electron chi connectivity index (χ3n) is 1.73. The lowest BCUT2D eigenvalue weighted by molar-refractivity contribution is -0.203. The first-order chi connectivity index (χ1) is 6.79. The van der Waals surface area contributed by atoms with E-state index < -0.39 is 24.5 Å². The molecule has 0 heterocycles. The Labute approximate surface area is 91.9 Å². The fourth-order valence-corrected chi connectivity index (χ4v) is 1.58. The van der Waals surface area contributed by atoms with Crippen molar-refractivity contribution < 1.29 is 22.7 Å². The molecule has 1 N–H and O–H groups in total. The first kappa shape index (κ1) is 12.4. The average molecular weight is 287 g/mol. The van der Waals surface area contributed by atoms with Gasteiger partial charge in [0.15, 0.2) is 6.10 Å². The van der Waals surface area contributed by atoms with E-state index in [1.807, 2.05) is 0 Å². The molecule has 6 heteroatoms. The molecule has 0 bridgehead atoms. The van der Waals surface area contributed by atoms with Crippen LogP contribution in [0.25, 0.3) is 0 Å². The summed E-state index contributed by atoms with van der Waals surface area (Å²) in [7, 11) is 0. The molecule has 0 aliphatic rings. The molecule has 15 heavy (non-hydrogen) atoms. The maximum Gasteiger partial charge on any atom is 0.414 e. The van der Waals surface area contributed by atoms with E-state index >= 15 is 0 Å². The highest BCUT2D eigenvalue weighted by atomic mass is 79.9. The first-order valence-corrected chi connectivity index (χ1v) is 4.78. The van der Waals surface area contributed by atoms with E-state index in [0.29, 0.717) is 4.47 Å². The van der Waals surface area contributed by atoms with Crippen LogP contribution in [0.1, 0.15) is 5.56 Å². The van der Waals surface area contributed by atoms with E-state index in [1.165, 1.54) is 6.07 Å². The van der Waals surface area contributed by atoms with E-state index in [2.05, 4.69) is 15.9 Å². The van der Waals surface area contributed by atoms with Crippen LogP contribution in [0, 0.1) is 5.82 Å². The van der Waals surface area contributed by atoms with Gasteiger partial charge in [0.25, 0.3) is 0 Å². The zero-order valence-corrected chi connectivity index (χ0v) is 8.94. The Morgan fingerprint density at radius 3 is 2.33 bits per heavy atom. The van der Waals surface area contributed by atoms with Gasteiger partial charge in [-0.3, -0.25) is 0 Å². The summed E-state index contributed by atoms with van der Waals surface area (Å²) in [5.41, 5.74) is 0.0895. The molecule has 0 fully saturated rings. The summed E-state index contributed by atoms with van der Waals surface area (Å²) in [6, 6.07) is 3.42. The van der Waals surface area contributed by atoms with Gasteiger partial charge >= 0.3 is 6.18 Å². The summed E-state index contributed by atoms with van der Waals surface area (Å²) in [5.74, 6) is -0.645. The second-order valence-electron chi connectivity index (χ2n) is 3.04. The minimum Gasteiger partial charge on any atom is -0.383 e. The van der Waals surface area contributed by atoms with Crippen LogP contribution in [0.4, 0.5) is 17.6 Å². The molecule has 0 aliphatic heterocycles. The Kier molecular flexibility index (Phi) is 3.72. The highest BCUT2D eigenvalue weighted by Crippen LogP contribution is 2.24. The van der Waals surface area contributed by atoms with Gasteiger partial charge in [0, 0.05) is 10.9 Å². The summed E-state index contributed by atoms with van der Waals surface area (Å²) in [4.78, 5) is 0. The maximum absolute atomic E-state index is 12.8. The lowest BCUT2D eigenvalue weighted by Gasteiger charge is -2.14. The Morgan fingerprint density at radius 1 is 1.27 bits per heavy atom. The standard InChI is InChI=1S/C9H7BrF4O/c10-6-1-5(2-7(11)4-6)3-8(15)9(12,13)14/h1-2,4,8,15H,3H2. The van der Waals surface area contributed by atoms with Crippen LogP contribution in [0.15, 0.2) is 22.7 Å². The predicted octanol–water partition coefficient (Wildman–Crippen LogP) is 3.05. The van der Waals surface area contributed by atoms with Crippen molar-refractivity contribution in [2.75, 3.05) is 0 Å². The van der Waals surface area contributed by atoms with Crippen LogP contribution < -0.4 is 0 Å². The number of rotatable bonds is 2. The average Bonchev–Trinajstić information content (AvgIpc) is 1.99. The molecule has 1 rings (SSSR count). The van der Waals surface area contributed by atoms with Crippen molar-refractivity contribution in [3.8, 4) is 0 Å². The van der Waals surface area contributed by atoms with Crippen LogP contribution >= 0.6 is 15.9 Å². The minimum atomic E-state index is -4.68. The molecule has 1 aromatic carbocycles. The Bertz CT molecular complexity index is 330. The number of hydrogen-bond donors (Lipinski definition) is 1. The molecule has 1 atom stereocenters. The fraction of sp³-hybridized carbons (Fsp3) is 0.333. The largest absolute Gasteiger partial charge is 0.414 e. The second-order valence-corrected chi connectivity index (χ2v) is 3.95. The van der Waals surface area contributed by atoms with Crippen LogP contribution in [-0.2, 0) is 6.42 Å². The smallest absolute Gasteiger partial charge is 0.383 e. The SMILES string of the molecule is OC(Cc1cc(F)cc(Br)c1)C(F)(F)F. The molecule has 0 radical (unpaired) electrons. The quantitative estimate of drug-likeness (QED) is 0.829. The molecule has 84 valence electrons. The summed E-state index contributed by atoms with van der Waals surface area (Å²) >= 11 is 2.95. The van der Waals surface area contributed by atoms with Gasteiger partial charge in [0.2, 0.25) is 0 Å². The number of halogens is 5. The van der Waals surface area contributed by atoms with Gasteiger partial charge < -0.3 is 5.11 Å². The third-order valence-corrected chi connectivity index (χ3v) is 2.19. The van der Waals surface area contributed by atoms with Crippen LogP contribution in [-0.4, -0.2) is 17.4 Å². The molecular formula is C9H7BrF4O. The molecule has 0 spiro atoms. The van der Waals surface area contributed by atoms with Gasteiger partial charge in [-0.15, -0.1) is 0 Å². The molecule has 0 saturated heterocycles. The van der Waals surface area contributed by atoms with Crippen molar-refractivity contribution in [3.05, 3.63) is 34.1 Å². The topological polar surface area (TPSA) is 20.2 Å².